The molecule has 0 spiro atoms. The van der Waals surface area contributed by atoms with Gasteiger partial charge in [-0.3, -0.25) is 9.20 Å². The summed E-state index contributed by atoms with van der Waals surface area (Å²) in [6, 6.07) is 1.60. The molecule has 114 valence electrons. The zero-order chi connectivity index (χ0) is 15.7. The molecule has 0 aliphatic heterocycles. The highest BCUT2D eigenvalue weighted by molar-refractivity contribution is 7.99. The number of nitrogens with one attached hydrogen (secondary N) is 1. The number of amides is 1. The third kappa shape index (κ3) is 3.35. The second-order valence-electron chi connectivity index (χ2n) is 4.31. The van der Waals surface area contributed by atoms with Crippen LogP contribution in [0.2, 0.25) is 10.0 Å². The number of aromatic nitrogens is 4. The maximum absolute atomic E-state index is 11.9. The van der Waals surface area contributed by atoms with E-state index in [4.69, 9.17) is 23.2 Å². The van der Waals surface area contributed by atoms with E-state index in [1.54, 1.807) is 16.7 Å². The number of thioether (sulfide) groups is 1. The Morgan fingerprint density at radius 2 is 2.27 bits per heavy atom. The number of hydrogen-bond donors (Lipinski definition) is 1. The molecule has 3 rings (SSSR count). The first-order chi connectivity index (χ1) is 10.5. The lowest BCUT2D eigenvalue weighted by Crippen LogP contribution is -2.14. The van der Waals surface area contributed by atoms with Crippen molar-refractivity contribution in [2.45, 2.75) is 12.1 Å². The average Bonchev–Trinajstić information content (AvgIpc) is 3.03. The zero-order valence-corrected chi connectivity index (χ0v) is 14.4. The van der Waals surface area contributed by atoms with Crippen LogP contribution in [-0.2, 0) is 4.79 Å². The van der Waals surface area contributed by atoms with Crippen molar-refractivity contribution in [1.29, 1.82) is 0 Å². The number of carbonyl (C=O) groups is 1. The van der Waals surface area contributed by atoms with Gasteiger partial charge in [0.2, 0.25) is 5.91 Å². The van der Waals surface area contributed by atoms with Gasteiger partial charge in [-0.15, -0.1) is 21.5 Å². The molecule has 22 heavy (non-hydrogen) atoms. The van der Waals surface area contributed by atoms with E-state index in [0.717, 1.165) is 5.69 Å². The maximum atomic E-state index is 11.9. The molecule has 0 saturated carbocycles. The Morgan fingerprint density at radius 1 is 1.45 bits per heavy atom. The fraction of sp³-hybridized carbons (Fsp3) is 0.167. The predicted octanol–water partition coefficient (Wildman–Crippen LogP) is 3.53. The summed E-state index contributed by atoms with van der Waals surface area (Å²) in [5.74, 6) is 0.0213. The standard InChI is InChI=1S/C12H9Cl2N5OS2/c1-6-4-21-11(15-6)16-9(20)5-22-12-18-17-10-8(14)2-7(13)3-19(10)12/h2-4H,5H2,1H3,(H,15,16,20). The van der Waals surface area contributed by atoms with Gasteiger partial charge in [0.25, 0.3) is 0 Å². The Balaban J connectivity index is 1.70. The van der Waals surface area contributed by atoms with Crippen LogP contribution in [0.15, 0.2) is 22.8 Å². The van der Waals surface area contributed by atoms with Crippen LogP contribution in [-0.4, -0.2) is 31.2 Å². The van der Waals surface area contributed by atoms with Gasteiger partial charge in [-0.25, -0.2) is 4.98 Å². The van der Waals surface area contributed by atoms with Crippen molar-refractivity contribution in [2.75, 3.05) is 11.1 Å². The topological polar surface area (TPSA) is 72.2 Å². The van der Waals surface area contributed by atoms with Crippen molar-refractivity contribution < 1.29 is 4.79 Å². The van der Waals surface area contributed by atoms with Crippen molar-refractivity contribution in [3.63, 3.8) is 0 Å². The molecule has 1 N–H and O–H groups in total. The molecule has 0 bridgehead atoms. The van der Waals surface area contributed by atoms with Gasteiger partial charge in [0.05, 0.1) is 21.5 Å². The Kier molecular flexibility index (Phi) is 4.53. The molecule has 6 nitrogen and oxygen atoms in total. The molecule has 0 saturated heterocycles. The van der Waals surface area contributed by atoms with Gasteiger partial charge < -0.3 is 5.32 Å². The van der Waals surface area contributed by atoms with Gasteiger partial charge >= 0.3 is 0 Å². The largest absolute Gasteiger partial charge is 0.301 e. The molecular formula is C12H9Cl2N5OS2. The quantitative estimate of drug-likeness (QED) is 0.708. The highest BCUT2D eigenvalue weighted by Crippen LogP contribution is 2.25. The Labute approximate surface area is 143 Å². The number of thiazole rings is 1. The summed E-state index contributed by atoms with van der Waals surface area (Å²) in [4.78, 5) is 16.1. The summed E-state index contributed by atoms with van der Waals surface area (Å²) in [7, 11) is 0. The molecular weight excluding hydrogens is 365 g/mol. The lowest BCUT2D eigenvalue weighted by Gasteiger charge is -2.02. The number of pyridine rings is 1. The highest BCUT2D eigenvalue weighted by Gasteiger charge is 2.13. The van der Waals surface area contributed by atoms with Gasteiger partial charge in [0.1, 0.15) is 0 Å². The summed E-state index contributed by atoms with van der Waals surface area (Å²) in [6.45, 7) is 1.87. The zero-order valence-electron chi connectivity index (χ0n) is 11.2. The lowest BCUT2D eigenvalue weighted by molar-refractivity contribution is -0.113. The molecule has 0 radical (unpaired) electrons. The van der Waals surface area contributed by atoms with Crippen molar-refractivity contribution in [3.8, 4) is 0 Å². The van der Waals surface area contributed by atoms with Crippen LogP contribution in [0.5, 0.6) is 0 Å². The minimum absolute atomic E-state index is 0.163. The van der Waals surface area contributed by atoms with E-state index in [2.05, 4.69) is 20.5 Å². The average molecular weight is 374 g/mol. The van der Waals surface area contributed by atoms with Crippen molar-refractivity contribution in [1.82, 2.24) is 19.6 Å². The molecule has 0 unspecified atom stereocenters. The number of hydrogen-bond acceptors (Lipinski definition) is 6. The normalized spacial score (nSPS) is 11.0. The van der Waals surface area contributed by atoms with Crippen LogP contribution in [0.3, 0.4) is 0 Å². The molecule has 0 aliphatic carbocycles. The summed E-state index contributed by atoms with van der Waals surface area (Å²) < 4.78 is 1.66. The summed E-state index contributed by atoms with van der Waals surface area (Å²) in [6.07, 6.45) is 1.66. The highest BCUT2D eigenvalue weighted by atomic mass is 35.5. The number of halogens is 2. The van der Waals surface area contributed by atoms with Crippen LogP contribution in [0, 0.1) is 6.92 Å². The summed E-state index contributed by atoms with van der Waals surface area (Å²) in [5.41, 5.74) is 1.38. The van der Waals surface area contributed by atoms with Gasteiger partial charge in [-0.1, -0.05) is 35.0 Å². The molecule has 0 atom stereocenters. The third-order valence-corrected chi connectivity index (χ3v) is 4.90. The van der Waals surface area contributed by atoms with Crippen LogP contribution in [0.1, 0.15) is 5.69 Å². The smallest absolute Gasteiger partial charge is 0.236 e. The van der Waals surface area contributed by atoms with Gasteiger partial charge in [0, 0.05) is 11.6 Å². The van der Waals surface area contributed by atoms with E-state index >= 15 is 0 Å². The summed E-state index contributed by atoms with van der Waals surface area (Å²) in [5, 5.41) is 14.6. The molecule has 0 fully saturated rings. The molecule has 3 aromatic heterocycles. The van der Waals surface area contributed by atoms with Crippen molar-refractivity contribution >= 4 is 63.0 Å². The maximum Gasteiger partial charge on any atom is 0.236 e. The van der Waals surface area contributed by atoms with Gasteiger partial charge in [-0.2, -0.15) is 0 Å². The number of anilines is 1. The fourth-order valence-electron chi connectivity index (χ4n) is 1.70. The molecule has 10 heteroatoms. The SMILES string of the molecule is Cc1csc(NC(=O)CSc2nnc3c(Cl)cc(Cl)cn23)n1. The molecule has 0 aliphatic rings. The predicted molar refractivity (Wildman–Crippen MR) is 89.2 cm³/mol. The molecule has 1 amide bonds. The van der Waals surface area contributed by atoms with Crippen LogP contribution in [0.4, 0.5) is 5.13 Å². The second kappa shape index (κ2) is 6.41. The molecule has 3 aromatic rings. The number of fused-ring (bicyclic) bond motifs is 1. The molecule has 3 heterocycles. The lowest BCUT2D eigenvalue weighted by atomic mass is 10.5. The van der Waals surface area contributed by atoms with E-state index in [9.17, 15) is 4.79 Å². The number of carbonyl (C=O) groups excluding carboxylic acids is 1. The Morgan fingerprint density at radius 3 is 3.00 bits per heavy atom. The van der Waals surface area contributed by atoms with E-state index in [1.165, 1.54) is 23.1 Å². The van der Waals surface area contributed by atoms with Crippen molar-refractivity contribution in [3.05, 3.63) is 33.4 Å². The van der Waals surface area contributed by atoms with Crippen molar-refractivity contribution in [2.24, 2.45) is 0 Å². The minimum Gasteiger partial charge on any atom is -0.301 e. The van der Waals surface area contributed by atoms with Crippen LogP contribution in [0.25, 0.3) is 5.65 Å². The Hall–Kier alpha value is -1.35. The summed E-state index contributed by atoms with van der Waals surface area (Å²) >= 11 is 14.6. The van der Waals surface area contributed by atoms with E-state index in [-0.39, 0.29) is 11.7 Å². The van der Waals surface area contributed by atoms with Gasteiger partial charge in [-0.05, 0) is 13.0 Å². The number of rotatable bonds is 4. The minimum atomic E-state index is -0.163. The van der Waals surface area contributed by atoms with E-state index in [1.807, 2.05) is 12.3 Å². The van der Waals surface area contributed by atoms with Gasteiger partial charge in [0.15, 0.2) is 15.9 Å². The monoisotopic (exact) mass is 373 g/mol. The van der Waals surface area contributed by atoms with E-state index < -0.39 is 0 Å². The second-order valence-corrected chi connectivity index (χ2v) is 6.96. The molecule has 0 aromatic carbocycles. The van der Waals surface area contributed by atoms with Crippen LogP contribution < -0.4 is 5.32 Å². The number of nitrogens with zero attached hydrogens (tertiary/aromatic N) is 4. The van der Waals surface area contributed by atoms with Crippen LogP contribution >= 0.6 is 46.3 Å². The number of aryl methyl sites for hydroxylation is 1. The Bertz CT molecular complexity index is 847. The first kappa shape index (κ1) is 15.5. The fourth-order valence-corrected chi connectivity index (χ4v) is 3.62. The third-order valence-electron chi connectivity index (χ3n) is 2.59. The first-order valence-electron chi connectivity index (χ1n) is 6.07. The first-order valence-corrected chi connectivity index (χ1v) is 8.69. The van der Waals surface area contributed by atoms with E-state index in [0.29, 0.717) is 26.0 Å².